The number of hydrogen-bond donors (Lipinski definition) is 2. The Morgan fingerprint density at radius 1 is 1.42 bits per heavy atom. The van der Waals surface area contributed by atoms with Gasteiger partial charge in [0.05, 0.1) is 11.6 Å². The van der Waals surface area contributed by atoms with Crippen molar-refractivity contribution in [2.75, 3.05) is 13.1 Å². The van der Waals surface area contributed by atoms with Gasteiger partial charge in [-0.2, -0.15) is 5.10 Å². The Bertz CT molecular complexity index is 723. The smallest absolute Gasteiger partial charge is 0.245 e. The molecule has 9 heteroatoms. The number of carbonyl (C=O) groups excluding carboxylic acids is 2. The van der Waals surface area contributed by atoms with Crippen molar-refractivity contribution in [2.24, 2.45) is 5.10 Å². The Kier molecular flexibility index (Phi) is 6.68. The number of halogens is 2. The third-order valence-electron chi connectivity index (χ3n) is 3.97. The van der Waals surface area contributed by atoms with E-state index in [-0.39, 0.29) is 48.0 Å². The van der Waals surface area contributed by atoms with Crippen molar-refractivity contribution in [3.05, 3.63) is 34.6 Å². The maximum absolute atomic E-state index is 13.8. The Morgan fingerprint density at radius 3 is 2.69 bits per heavy atom. The van der Waals surface area contributed by atoms with Crippen molar-refractivity contribution in [1.82, 2.24) is 15.2 Å². The molecule has 0 saturated heterocycles. The van der Waals surface area contributed by atoms with E-state index in [2.05, 4.69) is 17.1 Å². The lowest BCUT2D eigenvalue weighted by molar-refractivity contribution is -0.137. The highest BCUT2D eigenvalue weighted by molar-refractivity contribution is 6.30. The van der Waals surface area contributed by atoms with Crippen LogP contribution in [0.25, 0.3) is 0 Å². The van der Waals surface area contributed by atoms with Gasteiger partial charge in [-0.1, -0.05) is 23.7 Å². The zero-order valence-corrected chi connectivity index (χ0v) is 15.2. The van der Waals surface area contributed by atoms with Gasteiger partial charge in [-0.3, -0.25) is 15.0 Å². The van der Waals surface area contributed by atoms with Gasteiger partial charge in [0.1, 0.15) is 18.2 Å². The van der Waals surface area contributed by atoms with Gasteiger partial charge in [0.15, 0.2) is 0 Å². The van der Waals surface area contributed by atoms with Gasteiger partial charge in [-0.25, -0.2) is 9.40 Å². The Hall–Kier alpha value is -2.48. The van der Waals surface area contributed by atoms with Gasteiger partial charge in [0.2, 0.25) is 11.8 Å². The molecule has 1 aliphatic carbocycles. The molecule has 2 rings (SSSR count). The number of rotatable bonds is 8. The van der Waals surface area contributed by atoms with Crippen molar-refractivity contribution in [3.8, 4) is 0 Å². The first kappa shape index (κ1) is 19.8. The van der Waals surface area contributed by atoms with E-state index in [0.717, 1.165) is 17.9 Å². The molecule has 1 saturated carbocycles. The second-order valence-electron chi connectivity index (χ2n) is 6.03. The topological polar surface area (TPSA) is 88.9 Å². The second kappa shape index (κ2) is 8.75. The van der Waals surface area contributed by atoms with Gasteiger partial charge >= 0.3 is 0 Å². The minimum atomic E-state index is -0.571. The molecule has 7 nitrogen and oxygen atoms in total. The van der Waals surface area contributed by atoms with E-state index < -0.39 is 11.7 Å². The van der Waals surface area contributed by atoms with E-state index >= 15 is 0 Å². The number of amidine groups is 1. The molecular weight excluding hydrogens is 361 g/mol. The van der Waals surface area contributed by atoms with Crippen LogP contribution in [-0.4, -0.2) is 53.4 Å². The summed E-state index contributed by atoms with van der Waals surface area (Å²) in [6, 6.07) is 4.57. The summed E-state index contributed by atoms with van der Waals surface area (Å²) in [7, 11) is 0. The Morgan fingerprint density at radius 2 is 2.12 bits per heavy atom. The SMILES string of the molecule is C=NN(CC(=O)N(CC(=O)NCc1cccc(Cl)c1F)C1CC1)C(C)=N. The molecule has 2 N–H and O–H groups in total. The molecule has 0 atom stereocenters. The first-order valence-corrected chi connectivity index (χ1v) is 8.49. The third kappa shape index (κ3) is 5.26. The van der Waals surface area contributed by atoms with Crippen LogP contribution in [0.3, 0.4) is 0 Å². The highest BCUT2D eigenvalue weighted by Gasteiger charge is 2.34. The minimum Gasteiger partial charge on any atom is -0.350 e. The van der Waals surface area contributed by atoms with Crippen molar-refractivity contribution < 1.29 is 14.0 Å². The summed E-state index contributed by atoms with van der Waals surface area (Å²) in [5.41, 5.74) is 0.275. The number of nitrogens with one attached hydrogen (secondary N) is 2. The summed E-state index contributed by atoms with van der Waals surface area (Å²) in [4.78, 5) is 26.1. The van der Waals surface area contributed by atoms with E-state index in [9.17, 15) is 14.0 Å². The Labute approximate surface area is 156 Å². The summed E-state index contributed by atoms with van der Waals surface area (Å²) < 4.78 is 13.8. The van der Waals surface area contributed by atoms with Crippen molar-refractivity contribution in [2.45, 2.75) is 32.4 Å². The number of hydrazone groups is 1. The van der Waals surface area contributed by atoms with E-state index in [1.807, 2.05) is 0 Å². The van der Waals surface area contributed by atoms with Crippen LogP contribution >= 0.6 is 11.6 Å². The zero-order chi connectivity index (χ0) is 19.3. The number of carbonyl (C=O) groups is 2. The van der Waals surface area contributed by atoms with Crippen molar-refractivity contribution >= 4 is 36.0 Å². The molecule has 0 spiro atoms. The average molecular weight is 382 g/mol. The van der Waals surface area contributed by atoms with E-state index in [1.165, 1.54) is 24.0 Å². The third-order valence-corrected chi connectivity index (χ3v) is 4.26. The predicted molar refractivity (Wildman–Crippen MR) is 97.6 cm³/mol. The lowest BCUT2D eigenvalue weighted by Gasteiger charge is -2.25. The average Bonchev–Trinajstić information content (AvgIpc) is 3.43. The molecule has 1 aromatic rings. The molecule has 1 aromatic carbocycles. The fourth-order valence-corrected chi connectivity index (χ4v) is 2.58. The van der Waals surface area contributed by atoms with Crippen LogP contribution in [0.2, 0.25) is 5.02 Å². The zero-order valence-electron chi connectivity index (χ0n) is 14.5. The van der Waals surface area contributed by atoms with E-state index in [1.54, 1.807) is 6.07 Å². The molecule has 2 amide bonds. The molecule has 140 valence electrons. The highest BCUT2D eigenvalue weighted by Crippen LogP contribution is 2.27. The summed E-state index contributed by atoms with van der Waals surface area (Å²) >= 11 is 5.72. The molecule has 26 heavy (non-hydrogen) atoms. The minimum absolute atomic E-state index is 0.00820. The van der Waals surface area contributed by atoms with E-state index in [0.29, 0.717) is 0 Å². The van der Waals surface area contributed by atoms with Crippen LogP contribution in [0.5, 0.6) is 0 Å². The van der Waals surface area contributed by atoms with Gasteiger partial charge in [0.25, 0.3) is 0 Å². The van der Waals surface area contributed by atoms with Crippen LogP contribution in [0.15, 0.2) is 23.3 Å². The second-order valence-corrected chi connectivity index (χ2v) is 6.43. The lowest BCUT2D eigenvalue weighted by Crippen LogP contribution is -2.46. The molecule has 0 unspecified atom stereocenters. The standard InChI is InChI=1S/C17H21ClFN5O2/c1-11(20)24(21-2)10-16(26)23(13-6-7-13)9-15(25)22-8-12-4-3-5-14(18)17(12)19/h3-5,13,20H,2,6-10H2,1H3,(H,22,25). The van der Waals surface area contributed by atoms with Crippen LogP contribution in [0.4, 0.5) is 4.39 Å². The summed E-state index contributed by atoms with van der Waals surface area (Å²) in [5.74, 6) is -1.19. The number of nitrogens with zero attached hydrogens (tertiary/aromatic N) is 3. The maximum Gasteiger partial charge on any atom is 0.245 e. The van der Waals surface area contributed by atoms with E-state index in [4.69, 9.17) is 17.0 Å². The van der Waals surface area contributed by atoms with Crippen LogP contribution < -0.4 is 5.32 Å². The van der Waals surface area contributed by atoms with Gasteiger partial charge in [-0.15, -0.1) is 0 Å². The first-order chi connectivity index (χ1) is 12.3. The summed E-state index contributed by atoms with van der Waals surface area (Å²) in [5, 5.41) is 14.9. The highest BCUT2D eigenvalue weighted by atomic mass is 35.5. The van der Waals surface area contributed by atoms with Gasteiger partial charge < -0.3 is 10.2 Å². The fraction of sp³-hybridized carbons (Fsp3) is 0.412. The quantitative estimate of drug-likeness (QED) is 0.410. The lowest BCUT2D eigenvalue weighted by atomic mass is 10.2. The first-order valence-electron chi connectivity index (χ1n) is 8.12. The van der Waals surface area contributed by atoms with Gasteiger partial charge in [-0.05, 0) is 25.8 Å². The van der Waals surface area contributed by atoms with Crippen molar-refractivity contribution in [1.29, 1.82) is 5.41 Å². The Balaban J connectivity index is 1.93. The fourth-order valence-electron chi connectivity index (χ4n) is 2.39. The van der Waals surface area contributed by atoms with Crippen LogP contribution in [-0.2, 0) is 16.1 Å². The predicted octanol–water partition coefficient (Wildman–Crippen LogP) is 2.00. The summed E-state index contributed by atoms with van der Waals surface area (Å²) in [6.07, 6.45) is 1.65. The van der Waals surface area contributed by atoms with Crippen LogP contribution in [0, 0.1) is 11.2 Å². The normalized spacial score (nSPS) is 13.0. The number of benzene rings is 1. The van der Waals surface area contributed by atoms with Crippen molar-refractivity contribution in [3.63, 3.8) is 0 Å². The molecule has 0 radical (unpaired) electrons. The van der Waals surface area contributed by atoms with Crippen LogP contribution in [0.1, 0.15) is 25.3 Å². The monoisotopic (exact) mass is 381 g/mol. The largest absolute Gasteiger partial charge is 0.350 e. The molecule has 0 aliphatic heterocycles. The molecule has 0 aromatic heterocycles. The molecular formula is C17H21ClFN5O2. The number of hydrogen-bond acceptors (Lipinski definition) is 4. The molecule has 1 fully saturated rings. The molecule has 1 aliphatic rings. The van der Waals surface area contributed by atoms with Gasteiger partial charge in [0, 0.05) is 24.9 Å². The maximum atomic E-state index is 13.8. The molecule has 0 heterocycles. The molecule has 0 bridgehead atoms. The summed E-state index contributed by atoms with van der Waals surface area (Å²) in [6.45, 7) is 4.53. The number of amides is 2.